The first-order valence-electron chi connectivity index (χ1n) is 4.43. The number of methoxy groups -OCH3 is 1. The Kier molecular flexibility index (Phi) is 7.41. The number of phosphoric ester groups is 1. The predicted molar refractivity (Wildman–Crippen MR) is 53.2 cm³/mol. The highest BCUT2D eigenvalue weighted by Crippen LogP contribution is 2.47. The van der Waals surface area contributed by atoms with Crippen molar-refractivity contribution in [1.29, 1.82) is 0 Å². The van der Waals surface area contributed by atoms with Crippen LogP contribution in [0.25, 0.3) is 0 Å². The third kappa shape index (κ3) is 5.73. The summed E-state index contributed by atoms with van der Waals surface area (Å²) in [5, 5.41) is 0. The molecule has 0 aliphatic carbocycles. The van der Waals surface area contributed by atoms with E-state index in [1.807, 2.05) is 6.92 Å². The molecule has 0 saturated carbocycles. The van der Waals surface area contributed by atoms with Crippen molar-refractivity contribution in [2.75, 3.05) is 34.5 Å². The Balaban J connectivity index is 3.67. The molecule has 86 valence electrons. The van der Waals surface area contributed by atoms with Gasteiger partial charge in [0.25, 0.3) is 0 Å². The van der Waals surface area contributed by atoms with E-state index in [0.717, 1.165) is 6.42 Å². The number of rotatable bonds is 8. The van der Waals surface area contributed by atoms with Gasteiger partial charge in [-0.1, -0.05) is 6.92 Å². The van der Waals surface area contributed by atoms with E-state index < -0.39 is 7.82 Å². The fourth-order valence-corrected chi connectivity index (χ4v) is 1.60. The van der Waals surface area contributed by atoms with Crippen molar-refractivity contribution in [2.24, 2.45) is 5.92 Å². The van der Waals surface area contributed by atoms with E-state index in [4.69, 9.17) is 9.26 Å². The Bertz CT molecular complexity index is 177. The van der Waals surface area contributed by atoms with Crippen LogP contribution in [0.1, 0.15) is 13.3 Å². The molecule has 0 aromatic carbocycles. The van der Waals surface area contributed by atoms with Crippen LogP contribution in [0, 0.1) is 5.92 Å². The first-order chi connectivity index (χ1) is 6.58. The lowest BCUT2D eigenvalue weighted by atomic mass is 10.1. The molecule has 0 rings (SSSR count). The van der Waals surface area contributed by atoms with E-state index in [1.54, 1.807) is 7.11 Å². The highest BCUT2D eigenvalue weighted by atomic mass is 31.2. The summed E-state index contributed by atoms with van der Waals surface area (Å²) in [4.78, 5) is 0. The van der Waals surface area contributed by atoms with Crippen LogP contribution in [0.2, 0.25) is 0 Å². The quantitative estimate of drug-likeness (QED) is 0.593. The lowest BCUT2D eigenvalue weighted by Crippen LogP contribution is -2.07. The Morgan fingerprint density at radius 1 is 1.21 bits per heavy atom. The summed E-state index contributed by atoms with van der Waals surface area (Å²) in [5.74, 6) is 0.363. The van der Waals surface area contributed by atoms with Gasteiger partial charge in [-0.2, -0.15) is 0 Å². The van der Waals surface area contributed by atoms with Gasteiger partial charge in [0, 0.05) is 27.9 Å². The third-order valence-corrected chi connectivity index (χ3v) is 3.15. The molecule has 14 heavy (non-hydrogen) atoms. The SMILES string of the molecule is COCC(C)CCOP(=O)(OC)OC. The molecule has 0 aromatic heterocycles. The molecule has 0 N–H and O–H groups in total. The summed E-state index contributed by atoms with van der Waals surface area (Å²) in [5.41, 5.74) is 0. The molecule has 0 aromatic rings. The van der Waals surface area contributed by atoms with Gasteiger partial charge in [-0.05, 0) is 12.3 Å². The lowest BCUT2D eigenvalue weighted by Gasteiger charge is -2.15. The minimum absolute atomic E-state index is 0.337. The minimum Gasteiger partial charge on any atom is -0.384 e. The van der Waals surface area contributed by atoms with Gasteiger partial charge in [-0.3, -0.25) is 13.6 Å². The van der Waals surface area contributed by atoms with Gasteiger partial charge in [0.1, 0.15) is 0 Å². The fraction of sp³-hybridized carbons (Fsp3) is 1.00. The molecule has 0 heterocycles. The molecule has 0 saturated heterocycles. The molecule has 0 aliphatic rings. The van der Waals surface area contributed by atoms with Crippen molar-refractivity contribution in [3.05, 3.63) is 0 Å². The average molecular weight is 226 g/mol. The van der Waals surface area contributed by atoms with Crippen molar-refractivity contribution < 1.29 is 22.9 Å². The van der Waals surface area contributed by atoms with E-state index in [1.165, 1.54) is 14.2 Å². The highest BCUT2D eigenvalue weighted by molar-refractivity contribution is 7.48. The summed E-state index contributed by atoms with van der Waals surface area (Å²) in [6.07, 6.45) is 0.755. The molecule has 0 radical (unpaired) electrons. The van der Waals surface area contributed by atoms with Crippen LogP contribution in [0.4, 0.5) is 0 Å². The number of hydrogen-bond acceptors (Lipinski definition) is 5. The molecule has 0 aliphatic heterocycles. The molecule has 0 spiro atoms. The smallest absolute Gasteiger partial charge is 0.384 e. The number of hydrogen-bond donors (Lipinski definition) is 0. The second kappa shape index (κ2) is 7.37. The van der Waals surface area contributed by atoms with Gasteiger partial charge in [0.2, 0.25) is 0 Å². The maximum atomic E-state index is 11.4. The summed E-state index contributed by atoms with van der Waals surface area (Å²) in [6, 6.07) is 0. The maximum Gasteiger partial charge on any atom is 0.474 e. The molecule has 6 heteroatoms. The van der Waals surface area contributed by atoms with E-state index in [-0.39, 0.29) is 0 Å². The van der Waals surface area contributed by atoms with Crippen molar-refractivity contribution in [2.45, 2.75) is 13.3 Å². The summed E-state index contributed by atoms with van der Waals surface area (Å²) in [6.45, 7) is 3.02. The zero-order valence-corrected chi connectivity index (χ0v) is 10.1. The summed E-state index contributed by atoms with van der Waals surface area (Å²) in [7, 11) is 0.937. The van der Waals surface area contributed by atoms with Crippen LogP contribution >= 0.6 is 7.82 Å². The minimum atomic E-state index is -3.30. The lowest BCUT2D eigenvalue weighted by molar-refractivity contribution is 0.121. The van der Waals surface area contributed by atoms with E-state index in [2.05, 4.69) is 9.05 Å². The molecule has 0 bridgehead atoms. The number of ether oxygens (including phenoxy) is 1. The molecule has 1 atom stereocenters. The first-order valence-corrected chi connectivity index (χ1v) is 5.89. The van der Waals surface area contributed by atoms with Gasteiger partial charge in [-0.15, -0.1) is 0 Å². The van der Waals surface area contributed by atoms with Gasteiger partial charge in [-0.25, -0.2) is 4.57 Å². The Morgan fingerprint density at radius 3 is 2.21 bits per heavy atom. The first kappa shape index (κ1) is 14.1. The van der Waals surface area contributed by atoms with Crippen LogP contribution in [-0.4, -0.2) is 34.5 Å². The maximum absolute atomic E-state index is 11.4. The van der Waals surface area contributed by atoms with Crippen molar-refractivity contribution in [1.82, 2.24) is 0 Å². The standard InChI is InChI=1S/C8H19O5P/c1-8(7-10-2)5-6-13-14(9,11-3)12-4/h8H,5-7H2,1-4H3. The van der Waals surface area contributed by atoms with E-state index in [0.29, 0.717) is 19.1 Å². The Morgan fingerprint density at radius 2 is 1.79 bits per heavy atom. The molecule has 5 nitrogen and oxygen atoms in total. The number of phosphoric acid groups is 1. The Hall–Kier alpha value is 0.0700. The van der Waals surface area contributed by atoms with Crippen molar-refractivity contribution >= 4 is 7.82 Å². The Labute approximate surface area is 85.3 Å². The van der Waals surface area contributed by atoms with Gasteiger partial charge in [0.05, 0.1) is 6.61 Å². The average Bonchev–Trinajstić information content (AvgIpc) is 2.18. The summed E-state index contributed by atoms with van der Waals surface area (Å²) < 4.78 is 30.6. The molecule has 0 amide bonds. The van der Waals surface area contributed by atoms with Crippen molar-refractivity contribution in [3.63, 3.8) is 0 Å². The second-order valence-corrected chi connectivity index (χ2v) is 4.88. The zero-order valence-electron chi connectivity index (χ0n) is 9.19. The normalized spacial score (nSPS) is 14.3. The van der Waals surface area contributed by atoms with Crippen LogP contribution in [0.3, 0.4) is 0 Å². The molecular weight excluding hydrogens is 207 g/mol. The monoisotopic (exact) mass is 226 g/mol. The molecule has 1 unspecified atom stereocenters. The highest BCUT2D eigenvalue weighted by Gasteiger charge is 2.22. The van der Waals surface area contributed by atoms with Crippen LogP contribution < -0.4 is 0 Å². The van der Waals surface area contributed by atoms with Crippen LogP contribution in [0.15, 0.2) is 0 Å². The van der Waals surface area contributed by atoms with E-state index >= 15 is 0 Å². The molecule has 0 fully saturated rings. The fourth-order valence-electron chi connectivity index (χ4n) is 0.913. The summed E-state index contributed by atoms with van der Waals surface area (Å²) >= 11 is 0. The van der Waals surface area contributed by atoms with Gasteiger partial charge < -0.3 is 4.74 Å². The van der Waals surface area contributed by atoms with Gasteiger partial charge in [0.15, 0.2) is 0 Å². The van der Waals surface area contributed by atoms with Crippen LogP contribution in [-0.2, 0) is 22.9 Å². The predicted octanol–water partition coefficient (Wildman–Crippen LogP) is 2.08. The largest absolute Gasteiger partial charge is 0.474 e. The van der Waals surface area contributed by atoms with E-state index in [9.17, 15) is 4.57 Å². The van der Waals surface area contributed by atoms with Gasteiger partial charge >= 0.3 is 7.82 Å². The van der Waals surface area contributed by atoms with Crippen LogP contribution in [0.5, 0.6) is 0 Å². The second-order valence-electron chi connectivity index (χ2n) is 2.99. The van der Waals surface area contributed by atoms with Crippen molar-refractivity contribution in [3.8, 4) is 0 Å². The zero-order chi connectivity index (χ0) is 11.0. The third-order valence-electron chi connectivity index (χ3n) is 1.76. The molecular formula is C8H19O5P. The topological polar surface area (TPSA) is 54.0 Å².